The highest BCUT2D eigenvalue weighted by Gasteiger charge is 2.27. The first-order valence-corrected chi connectivity index (χ1v) is 19.5. The number of nitriles is 1. The van der Waals surface area contributed by atoms with Gasteiger partial charge in [0.1, 0.15) is 17.2 Å². The van der Waals surface area contributed by atoms with Crippen molar-refractivity contribution >= 4 is 65.6 Å². The van der Waals surface area contributed by atoms with Crippen molar-refractivity contribution in [2.45, 2.75) is 0 Å². The monoisotopic (exact) mass is 754 g/mol. The molecule has 0 bridgehead atoms. The fourth-order valence-corrected chi connectivity index (χ4v) is 8.82. The molecule has 0 fully saturated rings. The summed E-state index contributed by atoms with van der Waals surface area (Å²) in [5, 5.41) is 17.5. The van der Waals surface area contributed by atoms with Crippen molar-refractivity contribution in [3.05, 3.63) is 188 Å². The van der Waals surface area contributed by atoms with Gasteiger partial charge in [-0.05, 0) is 48.5 Å². The Morgan fingerprint density at radius 1 is 0.441 bits per heavy atom. The number of para-hydroxylation sites is 4. The first-order valence-electron chi connectivity index (χ1n) is 19.5. The van der Waals surface area contributed by atoms with E-state index in [1.54, 1.807) is 0 Å². The van der Waals surface area contributed by atoms with Crippen LogP contribution < -0.4 is 0 Å². The summed E-state index contributed by atoms with van der Waals surface area (Å²) >= 11 is 0. The molecular formula is C52H30N6O. The topological polar surface area (TPSA) is 85.5 Å². The molecule has 0 amide bonds. The lowest BCUT2D eigenvalue weighted by Crippen LogP contribution is -2.03. The van der Waals surface area contributed by atoms with E-state index in [2.05, 4.69) is 106 Å². The van der Waals surface area contributed by atoms with Crippen LogP contribution in [0.15, 0.2) is 186 Å². The van der Waals surface area contributed by atoms with Gasteiger partial charge in [0.2, 0.25) is 0 Å². The van der Waals surface area contributed by atoms with Crippen molar-refractivity contribution in [2.24, 2.45) is 0 Å². The second-order valence-electron chi connectivity index (χ2n) is 14.7. The summed E-state index contributed by atoms with van der Waals surface area (Å²) in [6, 6.07) is 64.4. The first-order chi connectivity index (χ1) is 29.2. The highest BCUT2D eigenvalue weighted by molar-refractivity contribution is 6.21. The minimum Gasteiger partial charge on any atom is -0.455 e. The molecule has 274 valence electrons. The lowest BCUT2D eigenvalue weighted by molar-refractivity contribution is 0.669. The lowest BCUT2D eigenvalue weighted by atomic mass is 10.0. The van der Waals surface area contributed by atoms with Gasteiger partial charge < -0.3 is 13.6 Å². The summed E-state index contributed by atoms with van der Waals surface area (Å²) < 4.78 is 11.4. The van der Waals surface area contributed by atoms with Gasteiger partial charge in [-0.1, -0.05) is 133 Å². The Morgan fingerprint density at radius 2 is 0.949 bits per heavy atom. The Morgan fingerprint density at radius 3 is 1.58 bits per heavy atom. The van der Waals surface area contributed by atoms with Crippen LogP contribution in [0.3, 0.4) is 0 Å². The van der Waals surface area contributed by atoms with Crippen molar-refractivity contribution in [3.63, 3.8) is 0 Å². The van der Waals surface area contributed by atoms with Crippen LogP contribution in [0, 0.1) is 11.3 Å². The highest BCUT2D eigenvalue weighted by Crippen LogP contribution is 2.45. The van der Waals surface area contributed by atoms with E-state index in [0.29, 0.717) is 39.8 Å². The standard InChI is InChI=1S/C52H30N6O/c53-31-34-28-41(52-55-50(32-16-4-1-5-17-32)54-51(56-52)33-18-6-2-7-19-33)49-47(38-24-12-15-27-46(38)59-49)48(34)58-43-26-14-11-23-37(43)40-29-39-36-22-10-13-25-42(36)57(44(39)30-45(40)58)35-20-8-3-9-21-35/h1-30H. The molecule has 0 aliphatic heterocycles. The van der Waals surface area contributed by atoms with Crippen LogP contribution in [0.4, 0.5) is 0 Å². The Labute approximate surface area is 337 Å². The van der Waals surface area contributed by atoms with Crippen LogP contribution in [0.5, 0.6) is 0 Å². The van der Waals surface area contributed by atoms with Crippen LogP contribution in [-0.2, 0) is 0 Å². The molecule has 4 aromatic heterocycles. The number of fused-ring (bicyclic) bond motifs is 9. The van der Waals surface area contributed by atoms with Gasteiger partial charge in [-0.25, -0.2) is 15.0 Å². The third-order valence-electron chi connectivity index (χ3n) is 11.4. The SMILES string of the molecule is N#Cc1cc(-c2nc(-c3ccccc3)nc(-c3ccccc3)n2)c2oc3ccccc3c2c1-n1c2ccccc2c2cc3c4ccccc4n(-c4ccccc4)c3cc21. The number of hydrogen-bond acceptors (Lipinski definition) is 5. The van der Waals surface area contributed by atoms with Gasteiger partial charge in [-0.15, -0.1) is 0 Å². The molecule has 59 heavy (non-hydrogen) atoms. The minimum absolute atomic E-state index is 0.418. The summed E-state index contributed by atoms with van der Waals surface area (Å²) in [5.74, 6) is 1.48. The number of benzene rings is 8. The van der Waals surface area contributed by atoms with Crippen LogP contribution in [-0.4, -0.2) is 24.1 Å². The van der Waals surface area contributed by atoms with Crippen molar-refractivity contribution < 1.29 is 4.42 Å². The Bertz CT molecular complexity index is 3610. The number of rotatable bonds is 5. The van der Waals surface area contributed by atoms with Crippen molar-refractivity contribution in [1.82, 2.24) is 24.1 Å². The predicted molar refractivity (Wildman–Crippen MR) is 237 cm³/mol. The second-order valence-corrected chi connectivity index (χ2v) is 14.7. The third-order valence-corrected chi connectivity index (χ3v) is 11.4. The summed E-state index contributed by atoms with van der Waals surface area (Å²) in [7, 11) is 0. The number of aromatic nitrogens is 5. The van der Waals surface area contributed by atoms with Gasteiger partial charge >= 0.3 is 0 Å². The molecule has 0 aliphatic rings. The Hall–Kier alpha value is -8.34. The van der Waals surface area contributed by atoms with E-state index in [0.717, 1.165) is 71.5 Å². The molecule has 0 saturated carbocycles. The van der Waals surface area contributed by atoms with E-state index in [9.17, 15) is 5.26 Å². The van der Waals surface area contributed by atoms with E-state index in [-0.39, 0.29) is 0 Å². The number of hydrogen-bond donors (Lipinski definition) is 0. The molecular weight excluding hydrogens is 725 g/mol. The number of nitrogens with zero attached hydrogens (tertiary/aromatic N) is 6. The largest absolute Gasteiger partial charge is 0.455 e. The average Bonchev–Trinajstić information content (AvgIpc) is 3.96. The van der Waals surface area contributed by atoms with Crippen LogP contribution in [0.1, 0.15) is 5.56 Å². The summed E-state index contributed by atoms with van der Waals surface area (Å²) in [4.78, 5) is 15.1. The van der Waals surface area contributed by atoms with Crippen LogP contribution in [0.2, 0.25) is 0 Å². The zero-order valence-corrected chi connectivity index (χ0v) is 31.4. The molecule has 7 heteroatoms. The van der Waals surface area contributed by atoms with Gasteiger partial charge in [0.05, 0.1) is 44.3 Å². The fourth-order valence-electron chi connectivity index (χ4n) is 8.82. The second kappa shape index (κ2) is 12.8. The van der Waals surface area contributed by atoms with Gasteiger partial charge in [-0.2, -0.15) is 5.26 Å². The van der Waals surface area contributed by atoms with Crippen molar-refractivity contribution in [3.8, 4) is 51.6 Å². The van der Waals surface area contributed by atoms with E-state index >= 15 is 0 Å². The highest BCUT2D eigenvalue weighted by atomic mass is 16.3. The maximum absolute atomic E-state index is 11.3. The molecule has 8 aromatic carbocycles. The third kappa shape index (κ3) is 4.97. The fraction of sp³-hybridized carbons (Fsp3) is 0. The molecule has 4 heterocycles. The van der Waals surface area contributed by atoms with E-state index in [4.69, 9.17) is 19.4 Å². The molecule has 0 spiro atoms. The van der Waals surface area contributed by atoms with Gasteiger partial charge in [0.25, 0.3) is 0 Å². The molecule has 12 aromatic rings. The minimum atomic E-state index is 0.418. The molecule has 0 radical (unpaired) electrons. The zero-order chi connectivity index (χ0) is 39.0. The van der Waals surface area contributed by atoms with E-state index < -0.39 is 0 Å². The summed E-state index contributed by atoms with van der Waals surface area (Å²) in [5.41, 5.74) is 10.1. The molecule has 0 unspecified atom stereocenters. The number of furan rings is 1. The molecule has 0 aliphatic carbocycles. The quantitative estimate of drug-likeness (QED) is 0.175. The summed E-state index contributed by atoms with van der Waals surface area (Å²) in [6.45, 7) is 0. The van der Waals surface area contributed by atoms with Gasteiger partial charge in [0, 0.05) is 43.7 Å². The summed E-state index contributed by atoms with van der Waals surface area (Å²) in [6.07, 6.45) is 0. The predicted octanol–water partition coefficient (Wildman–Crippen LogP) is 12.8. The molecule has 7 nitrogen and oxygen atoms in total. The smallest absolute Gasteiger partial charge is 0.167 e. The normalized spacial score (nSPS) is 11.7. The van der Waals surface area contributed by atoms with Crippen LogP contribution >= 0.6 is 0 Å². The van der Waals surface area contributed by atoms with Crippen molar-refractivity contribution in [2.75, 3.05) is 0 Å². The first kappa shape index (κ1) is 32.9. The molecule has 12 rings (SSSR count). The zero-order valence-electron chi connectivity index (χ0n) is 31.4. The van der Waals surface area contributed by atoms with Gasteiger partial charge in [0.15, 0.2) is 17.5 Å². The lowest BCUT2D eigenvalue weighted by Gasteiger charge is -2.15. The van der Waals surface area contributed by atoms with E-state index in [1.807, 2.05) is 91.0 Å². The Kier molecular flexibility index (Phi) is 7.16. The molecule has 0 atom stereocenters. The maximum atomic E-state index is 11.3. The maximum Gasteiger partial charge on any atom is 0.167 e. The average molecular weight is 755 g/mol. The van der Waals surface area contributed by atoms with E-state index in [1.165, 1.54) is 5.39 Å². The van der Waals surface area contributed by atoms with Crippen LogP contribution in [0.25, 0.3) is 111 Å². The van der Waals surface area contributed by atoms with Crippen molar-refractivity contribution in [1.29, 1.82) is 5.26 Å². The molecule has 0 saturated heterocycles. The van der Waals surface area contributed by atoms with Gasteiger partial charge in [-0.3, -0.25) is 0 Å². The molecule has 0 N–H and O–H groups in total. The Balaban J connectivity index is 1.21.